The van der Waals surface area contributed by atoms with E-state index in [2.05, 4.69) is 9.97 Å². The van der Waals surface area contributed by atoms with Gasteiger partial charge in [0.05, 0.1) is 11.4 Å². The molecule has 3 rings (SSSR count). The van der Waals surface area contributed by atoms with Gasteiger partial charge in [-0.1, -0.05) is 0 Å². The smallest absolute Gasteiger partial charge is 0.162 e. The highest BCUT2D eigenvalue weighted by Crippen LogP contribution is 2.33. The lowest BCUT2D eigenvalue weighted by molar-refractivity contribution is 0.171. The molecule has 0 fully saturated rings. The monoisotopic (exact) mass is 279 g/mol. The van der Waals surface area contributed by atoms with Gasteiger partial charge >= 0.3 is 0 Å². The molecule has 0 bridgehead atoms. The topological polar surface area (TPSA) is 70.3 Å². The second-order valence-corrected chi connectivity index (χ2v) is 3.96. The molecule has 0 amide bonds. The molecule has 1 aromatic heterocycles. The molecule has 19 heavy (non-hydrogen) atoms. The third kappa shape index (κ3) is 2.77. The van der Waals surface area contributed by atoms with E-state index in [4.69, 9.17) is 15.2 Å². The molecule has 6 heteroatoms. The quantitative estimate of drug-likeness (QED) is 0.908. The first-order valence-electron chi connectivity index (χ1n) is 5.78. The third-order valence-electron chi connectivity index (χ3n) is 2.77. The van der Waals surface area contributed by atoms with Crippen molar-refractivity contribution in [2.45, 2.75) is 6.54 Å². The SMILES string of the molecule is Cl.NCc1cc(-c2ccc3c(c2)OCCO3)ncn1. The van der Waals surface area contributed by atoms with Crippen molar-refractivity contribution in [1.82, 2.24) is 9.97 Å². The van der Waals surface area contributed by atoms with E-state index >= 15 is 0 Å². The van der Waals surface area contributed by atoms with Gasteiger partial charge in [0.1, 0.15) is 19.5 Å². The minimum atomic E-state index is 0. The van der Waals surface area contributed by atoms with Gasteiger partial charge in [-0.15, -0.1) is 12.4 Å². The predicted molar refractivity (Wildman–Crippen MR) is 73.6 cm³/mol. The van der Waals surface area contributed by atoms with Crippen molar-refractivity contribution < 1.29 is 9.47 Å². The van der Waals surface area contributed by atoms with E-state index in [1.165, 1.54) is 6.33 Å². The largest absolute Gasteiger partial charge is 0.486 e. The fourth-order valence-electron chi connectivity index (χ4n) is 1.87. The lowest BCUT2D eigenvalue weighted by Crippen LogP contribution is -2.15. The van der Waals surface area contributed by atoms with E-state index in [1.54, 1.807) is 0 Å². The van der Waals surface area contributed by atoms with Gasteiger partial charge in [0.15, 0.2) is 11.5 Å². The molecular formula is C13H14ClN3O2. The molecular weight excluding hydrogens is 266 g/mol. The Bertz CT molecular complexity index is 578. The van der Waals surface area contributed by atoms with Crippen LogP contribution in [0.5, 0.6) is 11.5 Å². The molecule has 0 aliphatic carbocycles. The standard InChI is InChI=1S/C13H13N3O2.ClH/c14-7-10-6-11(16-8-15-10)9-1-2-12-13(5-9)18-4-3-17-12;/h1-2,5-6,8H,3-4,7,14H2;1H. The van der Waals surface area contributed by atoms with Crippen LogP contribution in [0, 0.1) is 0 Å². The van der Waals surface area contributed by atoms with E-state index in [9.17, 15) is 0 Å². The van der Waals surface area contributed by atoms with Crippen LogP contribution in [-0.4, -0.2) is 23.2 Å². The number of fused-ring (bicyclic) bond motifs is 1. The Morgan fingerprint density at radius 1 is 1.05 bits per heavy atom. The van der Waals surface area contributed by atoms with Gasteiger partial charge in [-0.3, -0.25) is 0 Å². The number of benzene rings is 1. The van der Waals surface area contributed by atoms with Crippen LogP contribution in [0.2, 0.25) is 0 Å². The maximum atomic E-state index is 5.57. The molecule has 5 nitrogen and oxygen atoms in total. The number of halogens is 1. The second kappa shape index (κ2) is 5.86. The van der Waals surface area contributed by atoms with E-state index in [1.807, 2.05) is 24.3 Å². The highest BCUT2D eigenvalue weighted by molar-refractivity contribution is 5.85. The number of nitrogens with two attached hydrogens (primary N) is 1. The van der Waals surface area contributed by atoms with Crippen molar-refractivity contribution in [2.75, 3.05) is 13.2 Å². The zero-order valence-corrected chi connectivity index (χ0v) is 11.0. The molecule has 2 N–H and O–H groups in total. The first kappa shape index (κ1) is 13.6. The summed E-state index contributed by atoms with van der Waals surface area (Å²) in [5, 5.41) is 0. The first-order chi connectivity index (χ1) is 8.86. The van der Waals surface area contributed by atoms with Gasteiger partial charge in [0, 0.05) is 12.1 Å². The van der Waals surface area contributed by atoms with Crippen LogP contribution < -0.4 is 15.2 Å². The van der Waals surface area contributed by atoms with Crippen LogP contribution in [0.1, 0.15) is 5.69 Å². The van der Waals surface area contributed by atoms with Crippen molar-refractivity contribution >= 4 is 12.4 Å². The minimum Gasteiger partial charge on any atom is -0.486 e. The lowest BCUT2D eigenvalue weighted by atomic mass is 10.1. The number of hydrogen-bond acceptors (Lipinski definition) is 5. The van der Waals surface area contributed by atoms with Crippen molar-refractivity contribution in [1.29, 1.82) is 0 Å². The Balaban J connectivity index is 0.00000133. The van der Waals surface area contributed by atoms with Crippen LogP contribution in [0.15, 0.2) is 30.6 Å². The maximum Gasteiger partial charge on any atom is 0.162 e. The van der Waals surface area contributed by atoms with Crippen molar-refractivity contribution in [3.63, 3.8) is 0 Å². The normalized spacial score (nSPS) is 12.7. The molecule has 1 aliphatic rings. The maximum absolute atomic E-state index is 5.57. The highest BCUT2D eigenvalue weighted by atomic mass is 35.5. The summed E-state index contributed by atoms with van der Waals surface area (Å²) in [7, 11) is 0. The average Bonchev–Trinajstić information content (AvgIpc) is 2.47. The van der Waals surface area contributed by atoms with Crippen LogP contribution >= 0.6 is 12.4 Å². The van der Waals surface area contributed by atoms with Crippen molar-refractivity contribution in [2.24, 2.45) is 5.73 Å². The molecule has 0 saturated carbocycles. The summed E-state index contributed by atoms with van der Waals surface area (Å²) in [5.74, 6) is 1.53. The van der Waals surface area contributed by atoms with Gasteiger partial charge in [0.2, 0.25) is 0 Å². The zero-order valence-electron chi connectivity index (χ0n) is 10.2. The highest BCUT2D eigenvalue weighted by Gasteiger charge is 2.12. The Labute approximate surface area is 117 Å². The van der Waals surface area contributed by atoms with Crippen LogP contribution in [0.3, 0.4) is 0 Å². The van der Waals surface area contributed by atoms with Gasteiger partial charge in [-0.2, -0.15) is 0 Å². The first-order valence-corrected chi connectivity index (χ1v) is 5.78. The van der Waals surface area contributed by atoms with Crippen LogP contribution in [0.25, 0.3) is 11.3 Å². The third-order valence-corrected chi connectivity index (χ3v) is 2.77. The van der Waals surface area contributed by atoms with Gasteiger partial charge in [-0.05, 0) is 24.3 Å². The van der Waals surface area contributed by atoms with E-state index in [-0.39, 0.29) is 12.4 Å². The van der Waals surface area contributed by atoms with Crippen molar-refractivity contribution in [3.05, 3.63) is 36.3 Å². The Morgan fingerprint density at radius 2 is 1.84 bits per heavy atom. The summed E-state index contributed by atoms with van der Waals surface area (Å²) in [6.07, 6.45) is 1.52. The molecule has 2 heterocycles. The number of ether oxygens (including phenoxy) is 2. The molecule has 100 valence electrons. The summed E-state index contributed by atoms with van der Waals surface area (Å²) in [5.41, 5.74) is 8.19. The molecule has 1 aromatic carbocycles. The number of rotatable bonds is 2. The minimum absolute atomic E-state index is 0. The zero-order chi connectivity index (χ0) is 12.4. The van der Waals surface area contributed by atoms with E-state index in [0.717, 1.165) is 28.5 Å². The van der Waals surface area contributed by atoms with Gasteiger partial charge in [0.25, 0.3) is 0 Å². The summed E-state index contributed by atoms with van der Waals surface area (Å²) >= 11 is 0. The fourth-order valence-corrected chi connectivity index (χ4v) is 1.87. The second-order valence-electron chi connectivity index (χ2n) is 3.96. The summed E-state index contributed by atoms with van der Waals surface area (Å²) in [4.78, 5) is 8.32. The van der Waals surface area contributed by atoms with Crippen LogP contribution in [-0.2, 0) is 6.54 Å². The molecule has 0 atom stereocenters. The Hall–Kier alpha value is -1.85. The number of hydrogen-bond donors (Lipinski definition) is 1. The molecule has 2 aromatic rings. The number of nitrogens with zero attached hydrogens (tertiary/aromatic N) is 2. The Morgan fingerprint density at radius 3 is 2.63 bits per heavy atom. The predicted octanol–water partition coefficient (Wildman–Crippen LogP) is 1.80. The average molecular weight is 280 g/mol. The van der Waals surface area contributed by atoms with Gasteiger partial charge < -0.3 is 15.2 Å². The van der Waals surface area contributed by atoms with Crippen LogP contribution in [0.4, 0.5) is 0 Å². The molecule has 0 radical (unpaired) electrons. The summed E-state index contributed by atoms with van der Waals surface area (Å²) < 4.78 is 11.0. The molecule has 0 unspecified atom stereocenters. The van der Waals surface area contributed by atoms with Crippen molar-refractivity contribution in [3.8, 4) is 22.8 Å². The number of aromatic nitrogens is 2. The van der Waals surface area contributed by atoms with E-state index in [0.29, 0.717) is 19.8 Å². The lowest BCUT2D eigenvalue weighted by Gasteiger charge is -2.18. The van der Waals surface area contributed by atoms with Gasteiger partial charge in [-0.25, -0.2) is 9.97 Å². The molecule has 0 saturated heterocycles. The molecule has 0 spiro atoms. The summed E-state index contributed by atoms with van der Waals surface area (Å²) in [6.45, 7) is 1.57. The summed E-state index contributed by atoms with van der Waals surface area (Å²) in [6, 6.07) is 7.66. The Kier molecular flexibility index (Phi) is 4.19. The fraction of sp³-hybridized carbons (Fsp3) is 0.231. The van der Waals surface area contributed by atoms with E-state index < -0.39 is 0 Å². The molecule has 1 aliphatic heterocycles.